The monoisotopic (exact) mass is 187 g/mol. The Kier molecular flexibility index (Phi) is 4.21. The van der Waals surface area contributed by atoms with Gasteiger partial charge in [0.05, 0.1) is 0 Å². The molecule has 0 saturated heterocycles. The zero-order chi connectivity index (χ0) is 4.28. The molecule has 0 aromatic rings. The van der Waals surface area contributed by atoms with Crippen molar-refractivity contribution in [3.05, 3.63) is 10.4 Å². The Hall–Kier alpha value is 1.20. The summed E-state index contributed by atoms with van der Waals surface area (Å²) in [6, 6.07) is 0. The van der Waals surface area contributed by atoms with Crippen LogP contribution in [-0.2, 0) is 19.4 Å². The van der Waals surface area contributed by atoms with E-state index < -0.39 is 19.4 Å². The summed E-state index contributed by atoms with van der Waals surface area (Å²) in [6.45, 7) is 3.38. The van der Waals surface area contributed by atoms with E-state index in [0.717, 1.165) is 0 Å². The van der Waals surface area contributed by atoms with Crippen LogP contribution in [0.3, 0.4) is 0 Å². The molecule has 0 rings (SSSR count). The average molecular weight is 189 g/mol. The molecule has 0 nitrogen and oxygen atoms in total. The van der Waals surface area contributed by atoms with E-state index in [0.29, 0.717) is 0 Å². The Balaban J connectivity index is 2.83. The van der Waals surface area contributed by atoms with Crippen molar-refractivity contribution in [2.75, 3.05) is 0 Å². The Morgan fingerprint density at radius 3 is 1.80 bits per heavy atom. The number of halogens is 2. The standard InChI is InChI=1S/C2H3.2ClH.Zr/c1-2;;;/h1H,2H2;2*1H;/q;;;+2/p-2. The summed E-state index contributed by atoms with van der Waals surface area (Å²) in [5.74, 6) is 0. The minimum atomic E-state index is -1.87. The molecular formula is C2H3Cl2Zr. The van der Waals surface area contributed by atoms with E-state index in [1.807, 2.05) is 0 Å². The molecule has 0 N–H and O–H groups in total. The number of rotatable bonds is 1. The van der Waals surface area contributed by atoms with Crippen molar-refractivity contribution in [2.45, 2.75) is 0 Å². The normalized spacial score (nSPS) is 6.80. The van der Waals surface area contributed by atoms with Crippen molar-refractivity contribution in [2.24, 2.45) is 0 Å². The van der Waals surface area contributed by atoms with Gasteiger partial charge in [-0.2, -0.15) is 0 Å². The van der Waals surface area contributed by atoms with E-state index in [4.69, 9.17) is 17.0 Å². The zero-order valence-electron chi connectivity index (χ0n) is 2.54. The third-order valence-electron chi connectivity index (χ3n) is 0.154. The molecule has 0 radical (unpaired) electrons. The molecule has 29 valence electrons. The van der Waals surface area contributed by atoms with Crippen LogP contribution in [0, 0.1) is 0 Å². The molecule has 0 aromatic carbocycles. The van der Waals surface area contributed by atoms with E-state index in [2.05, 4.69) is 6.58 Å². The fourth-order valence-corrected chi connectivity index (χ4v) is 0. The van der Waals surface area contributed by atoms with Gasteiger partial charge in [-0.1, -0.05) is 0 Å². The summed E-state index contributed by atoms with van der Waals surface area (Å²) in [6.07, 6.45) is 0. The van der Waals surface area contributed by atoms with Crippen molar-refractivity contribution in [3.8, 4) is 0 Å². The summed E-state index contributed by atoms with van der Waals surface area (Å²) in [4.78, 5) is 0. The quantitative estimate of drug-likeness (QED) is 0.592. The zero-order valence-corrected chi connectivity index (χ0v) is 6.51. The summed E-state index contributed by atoms with van der Waals surface area (Å²) in [5, 5.41) is 0. The van der Waals surface area contributed by atoms with Crippen molar-refractivity contribution >= 4 is 17.0 Å². The fraction of sp³-hybridized carbons (Fsp3) is 0. The predicted molar refractivity (Wildman–Crippen MR) is 21.9 cm³/mol. The molecule has 0 fully saturated rings. The molecule has 0 heterocycles. The molecule has 0 aliphatic carbocycles. The van der Waals surface area contributed by atoms with Crippen LogP contribution in [0.1, 0.15) is 0 Å². The molecule has 0 bridgehead atoms. The second kappa shape index (κ2) is 3.40. The summed E-state index contributed by atoms with van der Waals surface area (Å²) < 4.78 is 1.64. The first-order chi connectivity index (χ1) is 2.27. The number of hydrogen-bond acceptors (Lipinski definition) is 0. The Morgan fingerprint density at radius 1 is 1.60 bits per heavy atom. The summed E-state index contributed by atoms with van der Waals surface area (Å²) in [7, 11) is 10.6. The SMILES string of the molecule is C=[CH][Zr]([Cl])[Cl]. The average Bonchev–Trinajstić information content (AvgIpc) is 1.38. The van der Waals surface area contributed by atoms with Gasteiger partial charge in [-0.25, -0.2) is 0 Å². The van der Waals surface area contributed by atoms with Crippen LogP contribution in [-0.4, -0.2) is 0 Å². The van der Waals surface area contributed by atoms with Gasteiger partial charge in [-0.05, 0) is 0 Å². The van der Waals surface area contributed by atoms with Gasteiger partial charge in [0.15, 0.2) is 0 Å². The van der Waals surface area contributed by atoms with Crippen LogP contribution < -0.4 is 0 Å². The molecule has 5 heavy (non-hydrogen) atoms. The van der Waals surface area contributed by atoms with Gasteiger partial charge >= 0.3 is 46.8 Å². The van der Waals surface area contributed by atoms with E-state index in [1.165, 1.54) is 0 Å². The Morgan fingerprint density at radius 2 is 1.80 bits per heavy atom. The topological polar surface area (TPSA) is 0 Å². The van der Waals surface area contributed by atoms with Crippen molar-refractivity contribution in [1.82, 2.24) is 0 Å². The maximum atomic E-state index is 5.31. The predicted octanol–water partition coefficient (Wildman–Crippen LogP) is 2.06. The van der Waals surface area contributed by atoms with Gasteiger partial charge in [0, 0.05) is 0 Å². The van der Waals surface area contributed by atoms with Crippen LogP contribution in [0.2, 0.25) is 0 Å². The molecule has 0 atom stereocenters. The van der Waals surface area contributed by atoms with Gasteiger partial charge in [0.2, 0.25) is 0 Å². The summed E-state index contributed by atoms with van der Waals surface area (Å²) >= 11 is -1.87. The van der Waals surface area contributed by atoms with Gasteiger partial charge < -0.3 is 0 Å². The molecule has 0 aromatic heterocycles. The van der Waals surface area contributed by atoms with Crippen LogP contribution in [0.4, 0.5) is 0 Å². The molecule has 0 unspecified atom stereocenters. The molecule has 0 aliphatic rings. The molecule has 3 heteroatoms. The van der Waals surface area contributed by atoms with E-state index >= 15 is 0 Å². The van der Waals surface area contributed by atoms with E-state index in [-0.39, 0.29) is 0 Å². The second-order valence-electron chi connectivity index (χ2n) is 0.494. The third-order valence-corrected chi connectivity index (χ3v) is 2.74. The van der Waals surface area contributed by atoms with Gasteiger partial charge in [0.25, 0.3) is 0 Å². The first-order valence-electron chi connectivity index (χ1n) is 1.07. The molecule has 0 spiro atoms. The van der Waals surface area contributed by atoms with Gasteiger partial charge in [-0.15, -0.1) is 0 Å². The van der Waals surface area contributed by atoms with Crippen LogP contribution in [0.5, 0.6) is 0 Å². The van der Waals surface area contributed by atoms with Crippen molar-refractivity contribution in [3.63, 3.8) is 0 Å². The molecule has 0 aliphatic heterocycles. The fourth-order valence-electron chi connectivity index (χ4n) is 0. The first-order valence-corrected chi connectivity index (χ1v) is 8.82. The van der Waals surface area contributed by atoms with Crippen molar-refractivity contribution < 1.29 is 19.4 Å². The Bertz CT molecular complexity index is 34.6. The molecule has 0 amide bonds. The molecule has 0 saturated carbocycles. The van der Waals surface area contributed by atoms with Gasteiger partial charge in [-0.3, -0.25) is 0 Å². The Labute approximate surface area is 46.5 Å². The maximum absolute atomic E-state index is 5.31. The number of hydrogen-bond donors (Lipinski definition) is 0. The summed E-state index contributed by atoms with van der Waals surface area (Å²) in [5.41, 5.74) is 0. The van der Waals surface area contributed by atoms with Crippen LogP contribution in [0.15, 0.2) is 10.4 Å². The van der Waals surface area contributed by atoms with Crippen molar-refractivity contribution in [1.29, 1.82) is 0 Å². The third kappa shape index (κ3) is 5.20. The van der Waals surface area contributed by atoms with Gasteiger partial charge in [0.1, 0.15) is 0 Å². The minimum absolute atomic E-state index is 1.64. The van der Waals surface area contributed by atoms with E-state index in [9.17, 15) is 0 Å². The van der Waals surface area contributed by atoms with E-state index in [1.54, 1.807) is 3.78 Å². The first kappa shape index (κ1) is 6.20. The van der Waals surface area contributed by atoms with Crippen LogP contribution in [0.25, 0.3) is 0 Å². The van der Waals surface area contributed by atoms with Crippen LogP contribution >= 0.6 is 17.0 Å². The molecular weight excluding hydrogens is 186 g/mol. The second-order valence-corrected chi connectivity index (χ2v) is 8.88.